The minimum Gasteiger partial charge on any atom is -0.381 e. The average molecular weight is 475 g/mol. The summed E-state index contributed by atoms with van der Waals surface area (Å²) in [4.78, 5) is 28.4. The Hall–Kier alpha value is -2.81. The quantitative estimate of drug-likeness (QED) is 0.638. The zero-order valence-corrected chi connectivity index (χ0v) is 19.4. The second kappa shape index (κ2) is 8.45. The van der Waals surface area contributed by atoms with Gasteiger partial charge in [0.1, 0.15) is 5.82 Å². The molecule has 1 unspecified atom stereocenters. The number of carbonyl (C=O) groups excluding carboxylic acids is 1. The van der Waals surface area contributed by atoms with Gasteiger partial charge >= 0.3 is 0 Å². The van der Waals surface area contributed by atoms with Crippen molar-refractivity contribution in [2.24, 2.45) is 17.8 Å². The number of amides is 1. The lowest BCUT2D eigenvalue weighted by Crippen LogP contribution is -2.32. The Morgan fingerprint density at radius 2 is 1.82 bits per heavy atom. The van der Waals surface area contributed by atoms with E-state index in [1.54, 1.807) is 17.7 Å². The van der Waals surface area contributed by atoms with E-state index < -0.39 is 29.8 Å². The topological polar surface area (TPSA) is 66.4 Å². The van der Waals surface area contributed by atoms with Crippen molar-refractivity contribution in [2.45, 2.75) is 44.8 Å². The Kier molecular flexibility index (Phi) is 5.70. The molecule has 0 radical (unpaired) electrons. The zero-order chi connectivity index (χ0) is 24.3. The molecule has 3 fully saturated rings. The van der Waals surface area contributed by atoms with Crippen molar-refractivity contribution in [1.29, 1.82) is 0 Å². The molecule has 1 amide bonds. The third-order valence-corrected chi connectivity index (χ3v) is 7.56. The van der Waals surface area contributed by atoms with Crippen LogP contribution in [0.3, 0.4) is 0 Å². The van der Waals surface area contributed by atoms with Crippen LogP contribution >= 0.6 is 0 Å². The summed E-state index contributed by atoms with van der Waals surface area (Å²) in [5, 5.41) is 6.14. The molecule has 1 saturated heterocycles. The molecule has 2 aliphatic carbocycles. The fourth-order valence-electron chi connectivity index (χ4n) is 5.35. The van der Waals surface area contributed by atoms with Crippen molar-refractivity contribution in [3.8, 4) is 0 Å². The highest BCUT2D eigenvalue weighted by molar-refractivity contribution is 5.99. The van der Waals surface area contributed by atoms with E-state index in [2.05, 4.69) is 22.6 Å². The minimum absolute atomic E-state index is 0.00967. The lowest BCUT2D eigenvalue weighted by Gasteiger charge is -2.20. The molecule has 9 heteroatoms. The van der Waals surface area contributed by atoms with Gasteiger partial charge in [-0.25, -0.2) is 13.2 Å². The number of nitrogens with one attached hydrogen (secondary N) is 2. The Bertz CT molecular complexity index is 1170. The van der Waals surface area contributed by atoms with Gasteiger partial charge in [-0.1, -0.05) is 25.1 Å². The molecule has 2 heterocycles. The van der Waals surface area contributed by atoms with Crippen molar-refractivity contribution in [2.75, 3.05) is 25.5 Å². The summed E-state index contributed by atoms with van der Waals surface area (Å²) in [6, 6.07) is 4.67. The van der Waals surface area contributed by atoms with E-state index in [9.17, 15) is 22.8 Å². The Labute approximate surface area is 196 Å². The van der Waals surface area contributed by atoms with Crippen LogP contribution in [-0.4, -0.2) is 41.6 Å². The number of halogens is 3. The molecule has 6 nitrogen and oxygen atoms in total. The third kappa shape index (κ3) is 4.10. The Morgan fingerprint density at radius 1 is 1.18 bits per heavy atom. The number of rotatable bonds is 7. The molecular formula is C25H29F3N4O2. The van der Waals surface area contributed by atoms with Crippen molar-refractivity contribution >= 4 is 11.6 Å². The smallest absolute Gasteiger partial charge is 0.266 e. The van der Waals surface area contributed by atoms with E-state index >= 15 is 0 Å². The standard InChI is InChI=1S/C25H29F3N4O2/c1-12-7-20(12)32-11-18(19(8-21(32)33)30-23-16-9-31(3)10-17(16)23)25(34)29-13(2)14-5-4-6-15(22(14)26)24(27)28/h4-6,8,11-13,16-17,20,23-24,30H,7,9-10H2,1-3H3,(H,29,34)/t12-,13?,16-,17+,20+,23-/m1/s1. The molecule has 34 heavy (non-hydrogen) atoms. The SMILES string of the molecule is CC(NC(=O)c1cn([C@H]2C[C@H]2C)c(=O)cc1N[C@@H]1[C@@H]2CN(C)C[C@@H]21)c1cccc(C(F)F)c1F. The van der Waals surface area contributed by atoms with Gasteiger partial charge < -0.3 is 20.1 Å². The third-order valence-electron chi connectivity index (χ3n) is 7.56. The van der Waals surface area contributed by atoms with Crippen LogP contribution in [0.15, 0.2) is 35.3 Å². The normalized spacial score (nSPS) is 28.5. The monoisotopic (exact) mass is 474 g/mol. The first kappa shape index (κ1) is 23.0. The molecule has 1 aliphatic heterocycles. The summed E-state index contributed by atoms with van der Waals surface area (Å²) in [5.41, 5.74) is -0.107. The number of aromatic nitrogens is 1. The summed E-state index contributed by atoms with van der Waals surface area (Å²) in [6.45, 7) is 5.54. The van der Waals surface area contributed by atoms with Gasteiger partial charge in [-0.05, 0) is 38.1 Å². The van der Waals surface area contributed by atoms with Crippen LogP contribution in [0, 0.1) is 23.6 Å². The van der Waals surface area contributed by atoms with Crippen molar-refractivity contribution < 1.29 is 18.0 Å². The van der Waals surface area contributed by atoms with Crippen LogP contribution in [0.4, 0.5) is 18.9 Å². The van der Waals surface area contributed by atoms with Crippen LogP contribution in [0.25, 0.3) is 0 Å². The first-order valence-corrected chi connectivity index (χ1v) is 11.7. The number of hydrogen-bond donors (Lipinski definition) is 2. The van der Waals surface area contributed by atoms with Crippen molar-refractivity contribution in [3.63, 3.8) is 0 Å². The van der Waals surface area contributed by atoms with Gasteiger partial charge in [0.05, 0.1) is 22.9 Å². The van der Waals surface area contributed by atoms with Crippen molar-refractivity contribution in [3.05, 3.63) is 63.3 Å². The fraction of sp³-hybridized carbons (Fsp3) is 0.520. The van der Waals surface area contributed by atoms with E-state index in [1.165, 1.54) is 18.2 Å². The zero-order valence-electron chi connectivity index (χ0n) is 19.4. The number of hydrogen-bond acceptors (Lipinski definition) is 4. The van der Waals surface area contributed by atoms with Gasteiger partial charge in [0.25, 0.3) is 17.9 Å². The minimum atomic E-state index is -2.94. The van der Waals surface area contributed by atoms with Gasteiger partial charge in [-0.2, -0.15) is 0 Å². The summed E-state index contributed by atoms with van der Waals surface area (Å²) in [5.74, 6) is -0.179. The predicted octanol–water partition coefficient (Wildman–Crippen LogP) is 3.97. The second-order valence-corrected chi connectivity index (χ2v) is 10.1. The molecule has 5 rings (SSSR count). The molecule has 1 aromatic carbocycles. The number of anilines is 1. The summed E-state index contributed by atoms with van der Waals surface area (Å²) in [7, 11) is 2.07. The Balaban J connectivity index is 1.41. The number of pyridine rings is 1. The Morgan fingerprint density at radius 3 is 2.44 bits per heavy atom. The summed E-state index contributed by atoms with van der Waals surface area (Å²) >= 11 is 0. The average Bonchev–Trinajstić information content (AvgIpc) is 3.60. The largest absolute Gasteiger partial charge is 0.381 e. The van der Waals surface area contributed by atoms with Gasteiger partial charge in [0.15, 0.2) is 0 Å². The molecule has 0 spiro atoms. The van der Waals surface area contributed by atoms with Crippen LogP contribution in [0.5, 0.6) is 0 Å². The van der Waals surface area contributed by atoms with E-state index in [1.807, 2.05) is 6.92 Å². The summed E-state index contributed by atoms with van der Waals surface area (Å²) in [6.07, 6.45) is -0.494. The first-order valence-electron chi connectivity index (χ1n) is 11.7. The van der Waals surface area contributed by atoms with Gasteiger partial charge in [-0.3, -0.25) is 9.59 Å². The van der Waals surface area contributed by atoms with Gasteiger partial charge in [0, 0.05) is 43.0 Å². The highest BCUT2D eigenvalue weighted by atomic mass is 19.3. The fourth-order valence-corrected chi connectivity index (χ4v) is 5.35. The van der Waals surface area contributed by atoms with Gasteiger partial charge in [0.2, 0.25) is 0 Å². The molecule has 1 aromatic heterocycles. The number of carbonyl (C=O) groups is 1. The van der Waals surface area contributed by atoms with E-state index in [-0.39, 0.29) is 23.2 Å². The predicted molar refractivity (Wildman–Crippen MR) is 123 cm³/mol. The van der Waals surface area contributed by atoms with Crippen LogP contribution < -0.4 is 16.2 Å². The highest BCUT2D eigenvalue weighted by Gasteiger charge is 2.55. The van der Waals surface area contributed by atoms with Crippen LogP contribution in [0.1, 0.15) is 60.3 Å². The molecular weight excluding hydrogens is 445 g/mol. The van der Waals surface area contributed by atoms with Crippen LogP contribution in [0.2, 0.25) is 0 Å². The molecule has 2 saturated carbocycles. The van der Waals surface area contributed by atoms with Crippen LogP contribution in [-0.2, 0) is 0 Å². The highest BCUT2D eigenvalue weighted by Crippen LogP contribution is 2.47. The first-order chi connectivity index (χ1) is 16.2. The molecule has 0 bridgehead atoms. The lowest BCUT2D eigenvalue weighted by molar-refractivity contribution is 0.0939. The number of fused-ring (bicyclic) bond motifs is 1. The number of nitrogens with zero attached hydrogens (tertiary/aromatic N) is 2. The maximum atomic E-state index is 14.6. The molecule has 182 valence electrons. The molecule has 3 aliphatic rings. The van der Waals surface area contributed by atoms with E-state index in [4.69, 9.17) is 0 Å². The molecule has 2 aromatic rings. The maximum absolute atomic E-state index is 14.6. The van der Waals surface area contributed by atoms with E-state index in [0.29, 0.717) is 29.0 Å². The molecule has 6 atom stereocenters. The van der Waals surface area contributed by atoms with Crippen molar-refractivity contribution in [1.82, 2.24) is 14.8 Å². The number of likely N-dealkylation sites (tertiary alicyclic amines) is 1. The summed E-state index contributed by atoms with van der Waals surface area (Å²) < 4.78 is 42.5. The van der Waals surface area contributed by atoms with E-state index in [0.717, 1.165) is 25.6 Å². The maximum Gasteiger partial charge on any atom is 0.266 e. The number of piperidine rings is 1. The molecule has 2 N–H and O–H groups in total. The van der Waals surface area contributed by atoms with Gasteiger partial charge in [-0.15, -0.1) is 0 Å². The number of alkyl halides is 2. The number of benzene rings is 1. The lowest BCUT2D eigenvalue weighted by atomic mass is 10.0. The second-order valence-electron chi connectivity index (χ2n) is 10.1.